The quantitative estimate of drug-likeness (QED) is 0.400. The second-order valence-corrected chi connectivity index (χ2v) is 7.38. The molecule has 0 saturated heterocycles. The summed E-state index contributed by atoms with van der Waals surface area (Å²) in [7, 11) is 0. The second-order valence-electron chi connectivity index (χ2n) is 7.38. The van der Waals surface area contributed by atoms with Crippen LogP contribution in [0.25, 0.3) is 33.1 Å². The largest absolute Gasteiger partial charge is 0.456 e. The number of fused-ring (bicyclic) bond motifs is 2. The number of pyridine rings is 2. The zero-order valence-electron chi connectivity index (χ0n) is 16.4. The Kier molecular flexibility index (Phi) is 4.24. The van der Waals surface area contributed by atoms with Gasteiger partial charge in [-0.2, -0.15) is 0 Å². The van der Waals surface area contributed by atoms with Gasteiger partial charge < -0.3 is 9.73 Å². The molecule has 3 aromatic heterocycles. The third-order valence-electron chi connectivity index (χ3n) is 5.09. The smallest absolute Gasteiger partial charge is 0.137 e. The Balaban J connectivity index is 1.51. The first-order chi connectivity index (χ1) is 14.2. The monoisotopic (exact) mass is 379 g/mol. The highest BCUT2D eigenvalue weighted by Crippen LogP contribution is 2.32. The van der Waals surface area contributed by atoms with Gasteiger partial charge in [0.25, 0.3) is 0 Å². The van der Waals surface area contributed by atoms with E-state index in [1.807, 2.05) is 44.4 Å². The molecule has 0 aliphatic carbocycles. The first kappa shape index (κ1) is 17.4. The van der Waals surface area contributed by atoms with Gasteiger partial charge in [0, 0.05) is 52.3 Å². The molecule has 0 saturated carbocycles. The van der Waals surface area contributed by atoms with Crippen LogP contribution >= 0.6 is 0 Å². The molecule has 1 N–H and O–H groups in total. The molecule has 0 spiro atoms. The zero-order chi connectivity index (χ0) is 19.8. The standard InChI is InChI=1S/C25H21N3O/c1-16-9-21(10-17(2)28-16)27-13-18-7-8-20-14-26-15-23(22(20)11-18)25-12-19-5-3-4-6-24(19)29-25/h3-12,14-15H,13H2,1-2H3,(H,27,28). The molecule has 0 aliphatic heterocycles. The molecule has 4 nitrogen and oxygen atoms in total. The molecule has 5 rings (SSSR count). The number of hydrogen-bond acceptors (Lipinski definition) is 4. The van der Waals surface area contributed by atoms with Crippen molar-refractivity contribution >= 4 is 27.4 Å². The number of anilines is 1. The number of nitrogens with one attached hydrogen (secondary N) is 1. The Bertz CT molecular complexity index is 1280. The number of rotatable bonds is 4. The number of benzene rings is 2. The molecule has 0 bridgehead atoms. The number of nitrogens with zero attached hydrogens (tertiary/aromatic N) is 2. The predicted molar refractivity (Wildman–Crippen MR) is 118 cm³/mol. The number of furan rings is 1. The van der Waals surface area contributed by atoms with Crippen molar-refractivity contribution < 1.29 is 4.42 Å². The van der Waals surface area contributed by atoms with Gasteiger partial charge in [0.1, 0.15) is 11.3 Å². The molecule has 5 aromatic rings. The van der Waals surface area contributed by atoms with Gasteiger partial charge in [0.2, 0.25) is 0 Å². The molecule has 0 aliphatic rings. The maximum Gasteiger partial charge on any atom is 0.137 e. The molecule has 0 amide bonds. The first-order valence-electron chi connectivity index (χ1n) is 9.70. The lowest BCUT2D eigenvalue weighted by Crippen LogP contribution is -2.01. The average molecular weight is 379 g/mol. The summed E-state index contributed by atoms with van der Waals surface area (Å²) >= 11 is 0. The topological polar surface area (TPSA) is 51.0 Å². The van der Waals surface area contributed by atoms with Gasteiger partial charge in [-0.05, 0) is 55.1 Å². The van der Waals surface area contributed by atoms with Gasteiger partial charge in [-0.1, -0.05) is 30.3 Å². The highest BCUT2D eigenvalue weighted by atomic mass is 16.3. The fourth-order valence-corrected chi connectivity index (χ4v) is 3.77. The molecule has 0 radical (unpaired) electrons. The minimum absolute atomic E-state index is 0.737. The van der Waals surface area contributed by atoms with Gasteiger partial charge in [-0.3, -0.25) is 9.97 Å². The van der Waals surface area contributed by atoms with E-state index in [0.29, 0.717) is 0 Å². The summed E-state index contributed by atoms with van der Waals surface area (Å²) in [5, 5.41) is 6.85. The van der Waals surface area contributed by atoms with Crippen molar-refractivity contribution in [3.05, 3.63) is 90.0 Å². The highest BCUT2D eigenvalue weighted by Gasteiger charge is 2.11. The van der Waals surface area contributed by atoms with Crippen LogP contribution < -0.4 is 5.32 Å². The van der Waals surface area contributed by atoms with Gasteiger partial charge in [-0.25, -0.2) is 0 Å². The van der Waals surface area contributed by atoms with Gasteiger partial charge >= 0.3 is 0 Å². The van der Waals surface area contributed by atoms with E-state index < -0.39 is 0 Å². The summed E-state index contributed by atoms with van der Waals surface area (Å²) in [5.74, 6) is 0.842. The second kappa shape index (κ2) is 7.06. The third kappa shape index (κ3) is 3.45. The molecule has 0 fully saturated rings. The van der Waals surface area contributed by atoms with E-state index in [9.17, 15) is 0 Å². The molecule has 2 aromatic carbocycles. The molecular weight excluding hydrogens is 358 g/mol. The summed E-state index contributed by atoms with van der Waals surface area (Å²) < 4.78 is 6.10. The maximum atomic E-state index is 6.10. The number of aryl methyl sites for hydroxylation is 2. The molecule has 29 heavy (non-hydrogen) atoms. The molecule has 4 heteroatoms. The van der Waals surface area contributed by atoms with E-state index in [1.165, 1.54) is 5.56 Å². The van der Waals surface area contributed by atoms with Crippen molar-refractivity contribution in [1.29, 1.82) is 0 Å². The van der Waals surface area contributed by atoms with Crippen LogP contribution in [0.15, 0.2) is 77.5 Å². The van der Waals surface area contributed by atoms with Crippen molar-refractivity contribution in [2.75, 3.05) is 5.32 Å². The van der Waals surface area contributed by atoms with Crippen LogP contribution in [0.4, 0.5) is 5.69 Å². The van der Waals surface area contributed by atoms with Crippen molar-refractivity contribution in [3.8, 4) is 11.3 Å². The Hall–Kier alpha value is -3.66. The summed E-state index contributed by atoms with van der Waals surface area (Å²) in [6.45, 7) is 4.77. The van der Waals surface area contributed by atoms with E-state index in [4.69, 9.17) is 4.42 Å². The summed E-state index contributed by atoms with van der Waals surface area (Å²) in [6, 6.07) is 20.8. The van der Waals surface area contributed by atoms with Crippen LogP contribution in [0.5, 0.6) is 0 Å². The van der Waals surface area contributed by atoms with E-state index >= 15 is 0 Å². The van der Waals surface area contributed by atoms with E-state index in [1.54, 1.807) is 0 Å². The van der Waals surface area contributed by atoms with Crippen molar-refractivity contribution in [3.63, 3.8) is 0 Å². The molecule has 0 atom stereocenters. The lowest BCUT2D eigenvalue weighted by atomic mass is 10.0. The summed E-state index contributed by atoms with van der Waals surface area (Å²) in [5.41, 5.74) is 6.22. The molecule has 3 heterocycles. The lowest BCUT2D eigenvalue weighted by molar-refractivity contribution is 0.632. The van der Waals surface area contributed by atoms with Crippen molar-refractivity contribution in [2.24, 2.45) is 0 Å². The molecule has 0 unspecified atom stereocenters. The van der Waals surface area contributed by atoms with Gasteiger partial charge in [-0.15, -0.1) is 0 Å². The molecule has 142 valence electrons. The Morgan fingerprint density at radius 1 is 0.862 bits per heavy atom. The first-order valence-corrected chi connectivity index (χ1v) is 9.70. The van der Waals surface area contributed by atoms with Crippen LogP contribution in [0.1, 0.15) is 17.0 Å². The minimum atomic E-state index is 0.737. The van der Waals surface area contributed by atoms with Crippen molar-refractivity contribution in [2.45, 2.75) is 20.4 Å². The molecular formula is C25H21N3O. The fraction of sp³-hybridized carbons (Fsp3) is 0.120. The van der Waals surface area contributed by atoms with Crippen LogP contribution in [0, 0.1) is 13.8 Å². The van der Waals surface area contributed by atoms with Gasteiger partial charge in [0.05, 0.1) is 0 Å². The van der Waals surface area contributed by atoms with E-state index in [-0.39, 0.29) is 0 Å². The van der Waals surface area contributed by atoms with Crippen LogP contribution in [-0.2, 0) is 6.54 Å². The predicted octanol–water partition coefficient (Wildman–Crippen LogP) is 6.27. The third-order valence-corrected chi connectivity index (χ3v) is 5.09. The summed E-state index contributed by atoms with van der Waals surface area (Å²) in [6.07, 6.45) is 3.78. The number of para-hydroxylation sites is 1. The number of aromatic nitrogens is 2. The Labute approximate surface area is 169 Å². The average Bonchev–Trinajstić information content (AvgIpc) is 3.15. The normalized spacial score (nSPS) is 11.2. The summed E-state index contributed by atoms with van der Waals surface area (Å²) in [4.78, 5) is 8.86. The zero-order valence-corrected chi connectivity index (χ0v) is 16.4. The van der Waals surface area contributed by atoms with Crippen molar-refractivity contribution in [1.82, 2.24) is 9.97 Å². The highest BCUT2D eigenvalue weighted by molar-refractivity contribution is 5.97. The Morgan fingerprint density at radius 3 is 2.52 bits per heavy atom. The number of hydrogen-bond donors (Lipinski definition) is 1. The Morgan fingerprint density at radius 2 is 1.69 bits per heavy atom. The van der Waals surface area contributed by atoms with Crippen LogP contribution in [0.3, 0.4) is 0 Å². The van der Waals surface area contributed by atoms with E-state index in [0.717, 1.165) is 56.7 Å². The lowest BCUT2D eigenvalue weighted by Gasteiger charge is -2.10. The van der Waals surface area contributed by atoms with Gasteiger partial charge in [0.15, 0.2) is 0 Å². The maximum absolute atomic E-state index is 6.10. The van der Waals surface area contributed by atoms with Crippen LogP contribution in [-0.4, -0.2) is 9.97 Å². The fourth-order valence-electron chi connectivity index (χ4n) is 3.77. The minimum Gasteiger partial charge on any atom is -0.456 e. The van der Waals surface area contributed by atoms with Crippen LogP contribution in [0.2, 0.25) is 0 Å². The van der Waals surface area contributed by atoms with E-state index in [2.05, 4.69) is 57.7 Å². The SMILES string of the molecule is Cc1cc(NCc2ccc3cncc(-c4cc5ccccc5o4)c3c2)cc(C)n1.